The zero-order valence-electron chi connectivity index (χ0n) is 10.9. The highest BCUT2D eigenvalue weighted by molar-refractivity contribution is 8.77. The number of aliphatic carboxylic acids is 2. The van der Waals surface area contributed by atoms with E-state index in [0.29, 0.717) is 12.8 Å². The first-order valence-corrected chi connectivity index (χ1v) is 8.58. The van der Waals surface area contributed by atoms with Gasteiger partial charge in [0, 0.05) is 0 Å². The molecule has 0 saturated carbocycles. The Morgan fingerprint density at radius 3 is 1.44 bits per heavy atom. The standard InChI is InChI=1S/C12H22O4S2/c1-3-5-7-9(11(13)14)17-18-10(12(15)16)8-6-4-2/h9-10H,3-8H2,1-2H3,(H,13,14)(H,15,16). The summed E-state index contributed by atoms with van der Waals surface area (Å²) in [5.74, 6) is -1.69. The number of hydrogen-bond donors (Lipinski definition) is 2. The third-order valence-electron chi connectivity index (χ3n) is 2.48. The van der Waals surface area contributed by atoms with Crippen molar-refractivity contribution < 1.29 is 19.8 Å². The van der Waals surface area contributed by atoms with Crippen LogP contribution in [0.2, 0.25) is 0 Å². The highest BCUT2D eigenvalue weighted by Gasteiger charge is 2.23. The molecule has 0 aliphatic carbocycles. The third-order valence-corrected chi connectivity index (χ3v) is 5.66. The molecular formula is C12H22O4S2. The van der Waals surface area contributed by atoms with Crippen molar-refractivity contribution in [1.29, 1.82) is 0 Å². The Labute approximate surface area is 116 Å². The summed E-state index contributed by atoms with van der Waals surface area (Å²) in [6.45, 7) is 4.02. The molecule has 106 valence electrons. The van der Waals surface area contributed by atoms with Crippen LogP contribution in [-0.2, 0) is 9.59 Å². The summed E-state index contributed by atoms with van der Waals surface area (Å²) in [6, 6.07) is 0. The van der Waals surface area contributed by atoms with Crippen LogP contribution in [0.15, 0.2) is 0 Å². The lowest BCUT2D eigenvalue weighted by Gasteiger charge is -2.14. The van der Waals surface area contributed by atoms with Crippen LogP contribution in [0.4, 0.5) is 0 Å². The summed E-state index contributed by atoms with van der Waals surface area (Å²) in [5.41, 5.74) is 0. The average molecular weight is 294 g/mol. The summed E-state index contributed by atoms with van der Waals surface area (Å²) in [7, 11) is 2.39. The van der Waals surface area contributed by atoms with Gasteiger partial charge >= 0.3 is 11.9 Å². The SMILES string of the molecule is CCCCC(SSC(CCCC)C(=O)O)C(=O)O. The Morgan fingerprint density at radius 1 is 0.889 bits per heavy atom. The molecule has 0 spiro atoms. The molecule has 0 heterocycles. The summed E-state index contributed by atoms with van der Waals surface area (Å²) in [6.07, 6.45) is 4.82. The molecule has 0 fully saturated rings. The van der Waals surface area contributed by atoms with Gasteiger partial charge in [-0.1, -0.05) is 61.1 Å². The van der Waals surface area contributed by atoms with Gasteiger partial charge in [0.2, 0.25) is 0 Å². The van der Waals surface area contributed by atoms with Crippen LogP contribution in [-0.4, -0.2) is 32.7 Å². The minimum atomic E-state index is -0.847. The van der Waals surface area contributed by atoms with Crippen LogP contribution in [0.3, 0.4) is 0 Å². The highest BCUT2D eigenvalue weighted by atomic mass is 33.1. The lowest BCUT2D eigenvalue weighted by atomic mass is 10.2. The number of rotatable bonds is 11. The van der Waals surface area contributed by atoms with Crippen LogP contribution < -0.4 is 0 Å². The van der Waals surface area contributed by atoms with E-state index in [1.807, 2.05) is 13.8 Å². The second-order valence-corrected chi connectivity index (χ2v) is 6.81. The normalized spacial score (nSPS) is 14.1. The number of carbonyl (C=O) groups is 2. The minimum Gasteiger partial charge on any atom is -0.480 e. The molecule has 6 heteroatoms. The van der Waals surface area contributed by atoms with Crippen LogP contribution in [0.1, 0.15) is 52.4 Å². The molecule has 2 unspecified atom stereocenters. The summed E-state index contributed by atoms with van der Waals surface area (Å²) >= 11 is 0. The molecule has 0 radical (unpaired) electrons. The largest absolute Gasteiger partial charge is 0.480 e. The van der Waals surface area contributed by atoms with E-state index < -0.39 is 22.4 Å². The Morgan fingerprint density at radius 2 is 1.22 bits per heavy atom. The lowest BCUT2D eigenvalue weighted by Crippen LogP contribution is -2.19. The van der Waals surface area contributed by atoms with E-state index in [-0.39, 0.29) is 0 Å². The molecule has 0 aliphatic rings. The van der Waals surface area contributed by atoms with Crippen molar-refractivity contribution in [2.45, 2.75) is 62.9 Å². The minimum absolute atomic E-state index is 0.501. The van der Waals surface area contributed by atoms with E-state index in [1.165, 1.54) is 21.6 Å². The topological polar surface area (TPSA) is 74.6 Å². The van der Waals surface area contributed by atoms with Crippen LogP contribution in [0.25, 0.3) is 0 Å². The van der Waals surface area contributed by atoms with Crippen LogP contribution >= 0.6 is 21.6 Å². The van der Waals surface area contributed by atoms with Gasteiger partial charge in [0.25, 0.3) is 0 Å². The smallest absolute Gasteiger partial charge is 0.317 e. The maximum absolute atomic E-state index is 11.0. The fourth-order valence-electron chi connectivity index (χ4n) is 1.34. The van der Waals surface area contributed by atoms with Crippen molar-refractivity contribution in [3.63, 3.8) is 0 Å². The zero-order chi connectivity index (χ0) is 14.0. The van der Waals surface area contributed by atoms with Crippen molar-refractivity contribution in [2.75, 3.05) is 0 Å². The third kappa shape index (κ3) is 7.87. The van der Waals surface area contributed by atoms with Gasteiger partial charge < -0.3 is 10.2 Å². The van der Waals surface area contributed by atoms with Gasteiger partial charge in [-0.2, -0.15) is 0 Å². The van der Waals surface area contributed by atoms with Crippen LogP contribution in [0, 0.1) is 0 Å². The molecule has 0 saturated heterocycles. The van der Waals surface area contributed by atoms with Gasteiger partial charge in [0.1, 0.15) is 10.5 Å². The van der Waals surface area contributed by atoms with Crippen molar-refractivity contribution >= 4 is 33.5 Å². The zero-order valence-corrected chi connectivity index (χ0v) is 12.6. The second-order valence-electron chi connectivity index (χ2n) is 4.13. The molecule has 2 atom stereocenters. The van der Waals surface area contributed by atoms with E-state index in [2.05, 4.69) is 0 Å². The number of unbranched alkanes of at least 4 members (excludes halogenated alkanes) is 2. The Balaban J connectivity index is 4.18. The molecule has 0 aromatic carbocycles. The van der Waals surface area contributed by atoms with Gasteiger partial charge in [0.15, 0.2) is 0 Å². The lowest BCUT2D eigenvalue weighted by molar-refractivity contribution is -0.137. The quantitative estimate of drug-likeness (QED) is 0.566. The maximum atomic E-state index is 11.0. The van der Waals surface area contributed by atoms with Crippen molar-refractivity contribution in [2.24, 2.45) is 0 Å². The fourth-order valence-corrected chi connectivity index (χ4v) is 4.17. The average Bonchev–Trinajstić information content (AvgIpc) is 2.31. The van der Waals surface area contributed by atoms with E-state index in [4.69, 9.17) is 10.2 Å². The molecule has 0 aromatic heterocycles. The predicted octanol–water partition coefficient (Wildman–Crippen LogP) is 3.65. The molecule has 0 aliphatic heterocycles. The molecule has 0 aromatic rings. The fraction of sp³-hybridized carbons (Fsp3) is 0.833. The van der Waals surface area contributed by atoms with E-state index in [0.717, 1.165) is 25.7 Å². The van der Waals surface area contributed by atoms with Gasteiger partial charge in [-0.3, -0.25) is 9.59 Å². The first kappa shape index (κ1) is 17.6. The summed E-state index contributed by atoms with van der Waals surface area (Å²) < 4.78 is 0. The number of hydrogen-bond acceptors (Lipinski definition) is 4. The van der Waals surface area contributed by atoms with Crippen molar-refractivity contribution in [3.8, 4) is 0 Å². The molecule has 18 heavy (non-hydrogen) atoms. The van der Waals surface area contributed by atoms with E-state index >= 15 is 0 Å². The molecule has 0 rings (SSSR count). The van der Waals surface area contributed by atoms with Gasteiger partial charge in [-0.15, -0.1) is 0 Å². The molecular weight excluding hydrogens is 272 g/mol. The Hall–Kier alpha value is -0.360. The van der Waals surface area contributed by atoms with E-state index in [9.17, 15) is 9.59 Å². The van der Waals surface area contributed by atoms with Gasteiger partial charge in [0.05, 0.1) is 0 Å². The number of carboxylic acids is 2. The van der Waals surface area contributed by atoms with Crippen molar-refractivity contribution in [1.82, 2.24) is 0 Å². The second kappa shape index (κ2) is 10.6. The van der Waals surface area contributed by atoms with Gasteiger partial charge in [-0.05, 0) is 12.8 Å². The number of carboxylic acid groups (broad SMARTS) is 2. The highest BCUT2D eigenvalue weighted by Crippen LogP contribution is 2.35. The Kier molecular flexibility index (Phi) is 10.3. The molecule has 2 N–H and O–H groups in total. The monoisotopic (exact) mass is 294 g/mol. The predicted molar refractivity (Wildman–Crippen MR) is 77.1 cm³/mol. The first-order valence-electron chi connectivity index (χ1n) is 6.30. The molecule has 0 amide bonds. The van der Waals surface area contributed by atoms with Crippen molar-refractivity contribution in [3.05, 3.63) is 0 Å². The molecule has 0 bridgehead atoms. The Bertz CT molecular complexity index is 232. The maximum Gasteiger partial charge on any atom is 0.317 e. The summed E-state index contributed by atoms with van der Waals surface area (Å²) in [5, 5.41) is 17.1. The van der Waals surface area contributed by atoms with Crippen LogP contribution in [0.5, 0.6) is 0 Å². The van der Waals surface area contributed by atoms with Gasteiger partial charge in [-0.25, -0.2) is 0 Å². The molecule has 4 nitrogen and oxygen atoms in total. The van der Waals surface area contributed by atoms with E-state index in [1.54, 1.807) is 0 Å². The first-order chi connectivity index (χ1) is 8.52. The summed E-state index contributed by atoms with van der Waals surface area (Å²) in [4.78, 5) is 22.0.